The van der Waals surface area contributed by atoms with Gasteiger partial charge in [-0.15, -0.1) is 0 Å². The molecule has 0 aliphatic carbocycles. The van der Waals surface area contributed by atoms with Crippen molar-refractivity contribution in [1.29, 1.82) is 0 Å². The highest BCUT2D eigenvalue weighted by atomic mass is 15.0. The standard InChI is InChI=1S/C34H31N/c1-5-12-25(13-6-2)28-20-29(26-14-8-7-9-15-26)22-30(21-28)35-33-17-11-10-16-31(33)32-23-27(24(3)4)18-19-34(32)35/h5-24H,1H2,2-4H3/b13-6-,25-12+. The van der Waals surface area contributed by atoms with E-state index in [2.05, 4.69) is 141 Å². The van der Waals surface area contributed by atoms with Gasteiger partial charge in [-0.3, -0.25) is 0 Å². The molecule has 1 heteroatoms. The van der Waals surface area contributed by atoms with Crippen molar-refractivity contribution in [1.82, 2.24) is 4.57 Å². The van der Waals surface area contributed by atoms with Crippen molar-refractivity contribution in [3.05, 3.63) is 133 Å². The van der Waals surface area contributed by atoms with E-state index < -0.39 is 0 Å². The monoisotopic (exact) mass is 453 g/mol. The molecule has 0 aliphatic heterocycles. The second kappa shape index (κ2) is 9.64. The van der Waals surface area contributed by atoms with E-state index in [0.717, 1.165) is 11.3 Å². The van der Waals surface area contributed by atoms with Gasteiger partial charge in [0.15, 0.2) is 0 Å². The largest absolute Gasteiger partial charge is 0.309 e. The van der Waals surface area contributed by atoms with Crippen molar-refractivity contribution >= 4 is 27.4 Å². The van der Waals surface area contributed by atoms with Crippen LogP contribution in [-0.4, -0.2) is 4.57 Å². The van der Waals surface area contributed by atoms with Crippen LogP contribution in [0.2, 0.25) is 0 Å². The number of allylic oxidation sites excluding steroid dienone is 5. The quantitative estimate of drug-likeness (QED) is 0.225. The highest BCUT2D eigenvalue weighted by molar-refractivity contribution is 6.09. The number of fused-ring (bicyclic) bond motifs is 3. The first-order valence-corrected chi connectivity index (χ1v) is 12.3. The summed E-state index contributed by atoms with van der Waals surface area (Å²) in [5.74, 6) is 0.488. The van der Waals surface area contributed by atoms with Crippen LogP contribution in [0.4, 0.5) is 0 Å². The molecule has 5 rings (SSSR count). The van der Waals surface area contributed by atoms with E-state index in [1.54, 1.807) is 0 Å². The highest BCUT2D eigenvalue weighted by Gasteiger charge is 2.15. The third kappa shape index (κ3) is 4.26. The maximum Gasteiger partial charge on any atom is 0.0541 e. The van der Waals surface area contributed by atoms with Crippen LogP contribution in [0.5, 0.6) is 0 Å². The summed E-state index contributed by atoms with van der Waals surface area (Å²) in [6.07, 6.45) is 8.17. The maximum atomic E-state index is 3.95. The molecule has 0 saturated heterocycles. The van der Waals surface area contributed by atoms with Gasteiger partial charge in [0.2, 0.25) is 0 Å². The molecule has 0 amide bonds. The Morgan fingerprint density at radius 2 is 1.51 bits per heavy atom. The molecule has 0 N–H and O–H groups in total. The van der Waals surface area contributed by atoms with Crippen molar-refractivity contribution in [2.24, 2.45) is 0 Å². The minimum atomic E-state index is 0.488. The molecule has 5 aromatic rings. The molecule has 0 saturated carbocycles. The highest BCUT2D eigenvalue weighted by Crippen LogP contribution is 2.36. The lowest BCUT2D eigenvalue weighted by molar-refractivity contribution is 0.868. The van der Waals surface area contributed by atoms with Gasteiger partial charge in [-0.1, -0.05) is 99.3 Å². The molecule has 1 aromatic heterocycles. The molecule has 0 unspecified atom stereocenters. The zero-order valence-electron chi connectivity index (χ0n) is 20.7. The summed E-state index contributed by atoms with van der Waals surface area (Å²) in [6.45, 7) is 10.5. The molecular formula is C34H31N. The van der Waals surface area contributed by atoms with Gasteiger partial charge in [0, 0.05) is 16.5 Å². The molecule has 35 heavy (non-hydrogen) atoms. The summed E-state index contributed by atoms with van der Waals surface area (Å²) in [5, 5.41) is 2.58. The van der Waals surface area contributed by atoms with Crippen LogP contribution in [-0.2, 0) is 0 Å². The van der Waals surface area contributed by atoms with Crippen LogP contribution in [0.1, 0.15) is 37.8 Å². The maximum absolute atomic E-state index is 3.95. The van der Waals surface area contributed by atoms with Gasteiger partial charge in [0.25, 0.3) is 0 Å². The van der Waals surface area contributed by atoms with Gasteiger partial charge in [0.1, 0.15) is 0 Å². The van der Waals surface area contributed by atoms with Crippen LogP contribution >= 0.6 is 0 Å². The number of aromatic nitrogens is 1. The number of hydrogen-bond donors (Lipinski definition) is 0. The molecule has 0 atom stereocenters. The topological polar surface area (TPSA) is 4.93 Å². The second-order valence-corrected chi connectivity index (χ2v) is 9.28. The van der Waals surface area contributed by atoms with Crippen LogP contribution in [0.15, 0.2) is 122 Å². The van der Waals surface area contributed by atoms with Gasteiger partial charge in [-0.05, 0) is 77.1 Å². The van der Waals surface area contributed by atoms with Gasteiger partial charge in [0.05, 0.1) is 11.0 Å². The van der Waals surface area contributed by atoms with Crippen LogP contribution < -0.4 is 0 Å². The summed E-state index contributed by atoms with van der Waals surface area (Å²) in [4.78, 5) is 0. The van der Waals surface area contributed by atoms with Crippen molar-refractivity contribution in [2.45, 2.75) is 26.7 Å². The van der Waals surface area contributed by atoms with E-state index in [1.165, 1.54) is 44.1 Å². The zero-order chi connectivity index (χ0) is 24.4. The summed E-state index contributed by atoms with van der Waals surface area (Å²) in [6, 6.07) is 33.2. The first-order valence-electron chi connectivity index (χ1n) is 12.3. The minimum absolute atomic E-state index is 0.488. The molecule has 0 radical (unpaired) electrons. The fourth-order valence-corrected chi connectivity index (χ4v) is 4.89. The predicted molar refractivity (Wildman–Crippen MR) is 153 cm³/mol. The first-order chi connectivity index (χ1) is 17.1. The van der Waals surface area contributed by atoms with Gasteiger partial charge in [-0.25, -0.2) is 0 Å². The second-order valence-electron chi connectivity index (χ2n) is 9.28. The zero-order valence-corrected chi connectivity index (χ0v) is 20.7. The van der Waals surface area contributed by atoms with Crippen LogP contribution in [0, 0.1) is 0 Å². The fourth-order valence-electron chi connectivity index (χ4n) is 4.89. The molecule has 172 valence electrons. The smallest absolute Gasteiger partial charge is 0.0541 e. The van der Waals surface area contributed by atoms with E-state index >= 15 is 0 Å². The Hall–Kier alpha value is -4.10. The van der Waals surface area contributed by atoms with Gasteiger partial charge in [-0.2, -0.15) is 0 Å². The summed E-state index contributed by atoms with van der Waals surface area (Å²) in [5.41, 5.74) is 9.69. The van der Waals surface area contributed by atoms with E-state index in [4.69, 9.17) is 0 Å². The average molecular weight is 454 g/mol. The number of hydrogen-bond acceptors (Lipinski definition) is 0. The first kappa shape index (κ1) is 22.7. The fraction of sp³-hybridized carbons (Fsp3) is 0.118. The van der Waals surface area contributed by atoms with E-state index in [-0.39, 0.29) is 0 Å². The molecule has 1 nitrogen and oxygen atoms in total. The Balaban J connectivity index is 1.85. The van der Waals surface area contributed by atoms with E-state index in [9.17, 15) is 0 Å². The van der Waals surface area contributed by atoms with Crippen LogP contribution in [0.3, 0.4) is 0 Å². The van der Waals surface area contributed by atoms with E-state index in [0.29, 0.717) is 5.92 Å². The van der Waals surface area contributed by atoms with Crippen molar-refractivity contribution < 1.29 is 0 Å². The number of para-hydroxylation sites is 1. The Morgan fingerprint density at radius 3 is 2.26 bits per heavy atom. The molecule has 0 bridgehead atoms. The lowest BCUT2D eigenvalue weighted by atomic mass is 9.97. The van der Waals surface area contributed by atoms with Crippen molar-refractivity contribution in [3.8, 4) is 16.8 Å². The molecule has 0 fully saturated rings. The van der Waals surface area contributed by atoms with Crippen molar-refractivity contribution in [2.75, 3.05) is 0 Å². The minimum Gasteiger partial charge on any atom is -0.309 e. The number of benzene rings is 4. The summed E-state index contributed by atoms with van der Waals surface area (Å²) in [7, 11) is 0. The van der Waals surface area contributed by atoms with Gasteiger partial charge >= 0.3 is 0 Å². The SMILES string of the molecule is C=C/C=C(\C=C/C)c1cc(-c2ccccc2)cc(-n2c3ccccc3c3cc(C(C)C)ccc32)c1. The average Bonchev–Trinajstić information content (AvgIpc) is 3.22. The third-order valence-electron chi connectivity index (χ3n) is 6.62. The van der Waals surface area contributed by atoms with Crippen LogP contribution in [0.25, 0.3) is 44.2 Å². The van der Waals surface area contributed by atoms with Gasteiger partial charge < -0.3 is 4.57 Å². The normalized spacial score (nSPS) is 12.3. The Morgan fingerprint density at radius 1 is 0.771 bits per heavy atom. The number of rotatable bonds is 6. The third-order valence-corrected chi connectivity index (χ3v) is 6.62. The molecule has 4 aromatic carbocycles. The molecular weight excluding hydrogens is 422 g/mol. The Bertz CT molecular complexity index is 1580. The summed E-state index contributed by atoms with van der Waals surface area (Å²) < 4.78 is 2.41. The van der Waals surface area contributed by atoms with Crippen molar-refractivity contribution in [3.63, 3.8) is 0 Å². The Kier molecular flexibility index (Phi) is 6.25. The molecule has 0 aliphatic rings. The predicted octanol–water partition coefficient (Wildman–Crippen LogP) is 9.72. The molecule has 1 heterocycles. The Labute approximate surface area is 208 Å². The lowest BCUT2D eigenvalue weighted by Crippen LogP contribution is -1.97. The lowest BCUT2D eigenvalue weighted by Gasteiger charge is -2.14. The summed E-state index contributed by atoms with van der Waals surface area (Å²) >= 11 is 0. The number of nitrogens with zero attached hydrogens (tertiary/aromatic N) is 1. The molecule has 0 spiro atoms. The van der Waals surface area contributed by atoms with E-state index in [1.807, 2.05) is 6.08 Å².